The Morgan fingerprint density at radius 1 is 1.38 bits per heavy atom. The number of nitrogens with zero attached hydrogens (tertiary/aromatic N) is 3. The molecule has 2 rings (SSSR count). The fraction of sp³-hybridized carbons (Fsp3) is 0.579. The van der Waals surface area contributed by atoms with Gasteiger partial charge in [-0.3, -0.25) is 14.5 Å². The van der Waals surface area contributed by atoms with Crippen LogP contribution in [0.5, 0.6) is 0 Å². The van der Waals surface area contributed by atoms with Crippen LogP contribution in [-0.2, 0) is 4.79 Å². The molecule has 0 saturated carbocycles. The number of hydrogen-bond donors (Lipinski definition) is 2. The van der Waals surface area contributed by atoms with Crippen LogP contribution >= 0.6 is 0 Å². The first kappa shape index (κ1) is 20.0. The highest BCUT2D eigenvalue weighted by Gasteiger charge is 2.37. The third-order valence-electron chi connectivity index (χ3n) is 4.39. The molecule has 1 aromatic rings. The van der Waals surface area contributed by atoms with Crippen molar-refractivity contribution < 1.29 is 9.59 Å². The van der Waals surface area contributed by atoms with Crippen molar-refractivity contribution in [3.63, 3.8) is 0 Å². The third kappa shape index (κ3) is 5.11. The van der Waals surface area contributed by atoms with Crippen LogP contribution in [0.15, 0.2) is 18.3 Å². The van der Waals surface area contributed by atoms with Gasteiger partial charge < -0.3 is 10.6 Å². The van der Waals surface area contributed by atoms with E-state index in [2.05, 4.69) is 25.5 Å². The van der Waals surface area contributed by atoms with Crippen molar-refractivity contribution in [3.05, 3.63) is 35.4 Å². The zero-order valence-electron chi connectivity index (χ0n) is 16.2. The predicted octanol–water partition coefficient (Wildman–Crippen LogP) is 1.37. The number of rotatable bonds is 6. The number of aromatic nitrogens is 2. The van der Waals surface area contributed by atoms with Gasteiger partial charge in [-0.1, -0.05) is 12.2 Å². The van der Waals surface area contributed by atoms with E-state index in [1.807, 2.05) is 32.9 Å². The summed E-state index contributed by atoms with van der Waals surface area (Å²) < 4.78 is 0. The van der Waals surface area contributed by atoms with Gasteiger partial charge >= 0.3 is 0 Å². The van der Waals surface area contributed by atoms with E-state index in [0.29, 0.717) is 36.6 Å². The Bertz CT molecular complexity index is 687. The van der Waals surface area contributed by atoms with E-state index in [0.717, 1.165) is 0 Å². The molecule has 0 aliphatic carbocycles. The van der Waals surface area contributed by atoms with Gasteiger partial charge in [0.2, 0.25) is 5.91 Å². The molecule has 142 valence electrons. The number of allylic oxidation sites excluding steroid dienone is 1. The minimum atomic E-state index is -0.241. The molecular weight excluding hydrogens is 330 g/mol. The lowest BCUT2D eigenvalue weighted by Gasteiger charge is -2.22. The summed E-state index contributed by atoms with van der Waals surface area (Å²) in [5.41, 5.74) is 1.14. The summed E-state index contributed by atoms with van der Waals surface area (Å²) >= 11 is 0. The lowest BCUT2D eigenvalue weighted by atomic mass is 10.1. The monoisotopic (exact) mass is 359 g/mol. The smallest absolute Gasteiger partial charge is 0.254 e. The molecule has 0 bridgehead atoms. The molecule has 2 atom stereocenters. The molecule has 1 aromatic heterocycles. The van der Waals surface area contributed by atoms with Gasteiger partial charge in [0.15, 0.2) is 0 Å². The van der Waals surface area contributed by atoms with Crippen molar-refractivity contribution in [1.29, 1.82) is 0 Å². The molecule has 0 radical (unpaired) electrons. The van der Waals surface area contributed by atoms with Crippen LogP contribution in [-0.4, -0.2) is 57.9 Å². The number of aryl methyl sites for hydroxylation is 2. The van der Waals surface area contributed by atoms with Crippen molar-refractivity contribution in [2.75, 3.05) is 13.1 Å². The van der Waals surface area contributed by atoms with Crippen molar-refractivity contribution in [1.82, 2.24) is 25.5 Å². The zero-order valence-corrected chi connectivity index (χ0v) is 16.2. The van der Waals surface area contributed by atoms with E-state index in [1.54, 1.807) is 20.0 Å². The number of carbonyl (C=O) groups is 2. The summed E-state index contributed by atoms with van der Waals surface area (Å²) in [5.74, 6) is 0.461. The van der Waals surface area contributed by atoms with E-state index in [1.165, 1.54) is 0 Å². The fourth-order valence-electron chi connectivity index (χ4n) is 3.17. The Balaban J connectivity index is 2.07. The molecule has 1 fully saturated rings. The maximum atomic E-state index is 12.6. The quantitative estimate of drug-likeness (QED) is 0.749. The van der Waals surface area contributed by atoms with Crippen LogP contribution < -0.4 is 10.6 Å². The molecule has 26 heavy (non-hydrogen) atoms. The first-order valence-electron chi connectivity index (χ1n) is 9.08. The summed E-state index contributed by atoms with van der Waals surface area (Å²) in [6.07, 6.45) is 6.14. The van der Waals surface area contributed by atoms with Crippen molar-refractivity contribution in [2.45, 2.75) is 59.2 Å². The summed E-state index contributed by atoms with van der Waals surface area (Å²) in [6, 6.07) is -0.238. The van der Waals surface area contributed by atoms with E-state index in [-0.39, 0.29) is 29.9 Å². The van der Waals surface area contributed by atoms with Crippen LogP contribution in [0.2, 0.25) is 0 Å². The molecule has 7 heteroatoms. The maximum Gasteiger partial charge on any atom is 0.254 e. The highest BCUT2D eigenvalue weighted by atomic mass is 16.2. The Kier molecular flexibility index (Phi) is 6.85. The summed E-state index contributed by atoms with van der Waals surface area (Å²) in [7, 11) is 0. The van der Waals surface area contributed by atoms with Gasteiger partial charge in [-0.05, 0) is 41.0 Å². The van der Waals surface area contributed by atoms with E-state index >= 15 is 0 Å². The lowest BCUT2D eigenvalue weighted by molar-refractivity contribution is -0.125. The lowest BCUT2D eigenvalue weighted by Crippen LogP contribution is -2.45. The number of carbonyl (C=O) groups excluding carboxylic acids is 2. The standard InChI is InChI=1S/C19H29N5O2/c1-6-7-8-24-11-15(9-17(24)19(26)21-12(2)3)23-18(25)16-10-20-14(5)22-13(16)4/h6-7,10,12,15,17H,8-9,11H2,1-5H3,(H,21,26)(H,23,25)/b7-6+/t15-,17+/m1/s1. The summed E-state index contributed by atoms with van der Waals surface area (Å²) in [5, 5.41) is 6.01. The van der Waals surface area contributed by atoms with Gasteiger partial charge in [-0.15, -0.1) is 0 Å². The zero-order chi connectivity index (χ0) is 19.3. The Labute approximate surface area is 155 Å². The van der Waals surface area contributed by atoms with Crippen molar-refractivity contribution in [2.24, 2.45) is 0 Å². The van der Waals surface area contributed by atoms with Crippen LogP contribution in [0.25, 0.3) is 0 Å². The maximum absolute atomic E-state index is 12.6. The van der Waals surface area contributed by atoms with E-state index in [4.69, 9.17) is 0 Å². The number of likely N-dealkylation sites (tertiary alicyclic amines) is 1. The Morgan fingerprint density at radius 3 is 2.73 bits per heavy atom. The molecule has 2 N–H and O–H groups in total. The first-order valence-corrected chi connectivity index (χ1v) is 9.08. The Morgan fingerprint density at radius 2 is 2.12 bits per heavy atom. The second-order valence-corrected chi connectivity index (χ2v) is 7.02. The molecule has 2 amide bonds. The molecule has 1 aliphatic rings. The SMILES string of the molecule is C/C=C/CN1C[C@H](NC(=O)c2cnc(C)nc2C)C[C@H]1C(=O)NC(C)C. The largest absolute Gasteiger partial charge is 0.353 e. The van der Waals surface area contributed by atoms with Crippen molar-refractivity contribution in [3.8, 4) is 0 Å². The summed E-state index contributed by atoms with van der Waals surface area (Å²) in [4.78, 5) is 35.6. The van der Waals surface area contributed by atoms with Crippen LogP contribution in [0, 0.1) is 13.8 Å². The minimum absolute atomic E-state index is 0.0103. The third-order valence-corrected chi connectivity index (χ3v) is 4.39. The normalized spacial score (nSPS) is 20.7. The molecule has 0 unspecified atom stereocenters. The van der Waals surface area contributed by atoms with Gasteiger partial charge in [0, 0.05) is 31.4 Å². The Hall–Kier alpha value is -2.28. The molecule has 1 saturated heterocycles. The van der Waals surface area contributed by atoms with Gasteiger partial charge in [-0.25, -0.2) is 9.97 Å². The van der Waals surface area contributed by atoms with Crippen LogP contribution in [0.4, 0.5) is 0 Å². The molecule has 1 aliphatic heterocycles. The average molecular weight is 359 g/mol. The van der Waals surface area contributed by atoms with Crippen LogP contribution in [0.1, 0.15) is 49.1 Å². The summed E-state index contributed by atoms with van der Waals surface area (Å²) in [6.45, 7) is 10.8. The topological polar surface area (TPSA) is 87.2 Å². The van der Waals surface area contributed by atoms with Gasteiger partial charge in [-0.2, -0.15) is 0 Å². The van der Waals surface area contributed by atoms with E-state index < -0.39 is 0 Å². The molecule has 0 spiro atoms. The first-order chi connectivity index (χ1) is 12.3. The second kappa shape index (κ2) is 8.89. The predicted molar refractivity (Wildman–Crippen MR) is 101 cm³/mol. The fourth-order valence-corrected chi connectivity index (χ4v) is 3.17. The average Bonchev–Trinajstić information content (AvgIpc) is 2.94. The van der Waals surface area contributed by atoms with Crippen LogP contribution in [0.3, 0.4) is 0 Å². The number of amides is 2. The highest BCUT2D eigenvalue weighted by molar-refractivity contribution is 5.95. The van der Waals surface area contributed by atoms with Crippen molar-refractivity contribution >= 4 is 11.8 Å². The molecule has 0 aromatic carbocycles. The van der Waals surface area contributed by atoms with Gasteiger partial charge in [0.25, 0.3) is 5.91 Å². The number of nitrogens with one attached hydrogen (secondary N) is 2. The molecule has 2 heterocycles. The molecular formula is C19H29N5O2. The minimum Gasteiger partial charge on any atom is -0.353 e. The van der Waals surface area contributed by atoms with Gasteiger partial charge in [0.1, 0.15) is 5.82 Å². The van der Waals surface area contributed by atoms with E-state index in [9.17, 15) is 9.59 Å². The second-order valence-electron chi connectivity index (χ2n) is 7.02. The van der Waals surface area contributed by atoms with Gasteiger partial charge in [0.05, 0.1) is 17.3 Å². The molecule has 7 nitrogen and oxygen atoms in total. The highest BCUT2D eigenvalue weighted by Crippen LogP contribution is 2.19. The number of hydrogen-bond acceptors (Lipinski definition) is 5.